The van der Waals surface area contributed by atoms with E-state index in [2.05, 4.69) is 25.2 Å². The van der Waals surface area contributed by atoms with Gasteiger partial charge in [-0.15, -0.1) is 11.3 Å². The number of benzene rings is 1. The maximum Gasteiger partial charge on any atom is 0.148 e. The molecule has 0 aliphatic heterocycles. The zero-order valence-electron chi connectivity index (χ0n) is 10.5. The van der Waals surface area contributed by atoms with Gasteiger partial charge in [-0.1, -0.05) is 19.9 Å². The van der Waals surface area contributed by atoms with Crippen molar-refractivity contribution in [1.29, 1.82) is 0 Å². The summed E-state index contributed by atoms with van der Waals surface area (Å²) in [5, 5.41) is 5.29. The van der Waals surface area contributed by atoms with Crippen molar-refractivity contribution in [3.8, 4) is 0 Å². The Morgan fingerprint density at radius 2 is 2.06 bits per heavy atom. The molecular formula is C14H17FN2S. The highest BCUT2D eigenvalue weighted by Gasteiger charge is 2.18. The second-order valence-corrected chi connectivity index (χ2v) is 5.60. The first-order valence-electron chi connectivity index (χ1n) is 5.93. The molecular weight excluding hydrogens is 247 g/mol. The molecule has 0 fully saturated rings. The average molecular weight is 264 g/mol. The highest BCUT2D eigenvalue weighted by atomic mass is 32.1. The lowest BCUT2D eigenvalue weighted by atomic mass is 10.0. The molecule has 0 saturated carbocycles. The van der Waals surface area contributed by atoms with Crippen LogP contribution in [0.2, 0.25) is 0 Å². The Hall–Kier alpha value is -1.55. The van der Waals surface area contributed by atoms with Gasteiger partial charge in [-0.2, -0.15) is 0 Å². The molecule has 96 valence electrons. The number of thiophene rings is 1. The minimum absolute atomic E-state index is 0.114. The van der Waals surface area contributed by atoms with Crippen LogP contribution in [0.5, 0.6) is 0 Å². The smallest absolute Gasteiger partial charge is 0.148 e. The Labute approximate surface area is 111 Å². The molecule has 1 atom stereocenters. The van der Waals surface area contributed by atoms with Crippen molar-refractivity contribution in [2.24, 2.45) is 5.92 Å². The van der Waals surface area contributed by atoms with E-state index in [9.17, 15) is 4.39 Å². The molecule has 2 rings (SSSR count). The Morgan fingerprint density at radius 1 is 1.28 bits per heavy atom. The summed E-state index contributed by atoms with van der Waals surface area (Å²) in [5.41, 5.74) is 6.48. The molecule has 1 heterocycles. The molecule has 1 unspecified atom stereocenters. The topological polar surface area (TPSA) is 38.0 Å². The van der Waals surface area contributed by atoms with Crippen LogP contribution in [0, 0.1) is 11.7 Å². The second kappa shape index (κ2) is 5.40. The van der Waals surface area contributed by atoms with E-state index in [1.54, 1.807) is 23.5 Å². The lowest BCUT2D eigenvalue weighted by Gasteiger charge is -2.22. The van der Waals surface area contributed by atoms with Gasteiger partial charge in [-0.05, 0) is 35.6 Å². The first kappa shape index (κ1) is 12.9. The third-order valence-corrected chi connectivity index (χ3v) is 3.78. The summed E-state index contributed by atoms with van der Waals surface area (Å²) >= 11 is 1.68. The number of rotatable bonds is 4. The van der Waals surface area contributed by atoms with Crippen LogP contribution in [-0.4, -0.2) is 0 Å². The quantitative estimate of drug-likeness (QED) is 0.809. The fraction of sp³-hybridized carbons (Fsp3) is 0.286. The van der Waals surface area contributed by atoms with E-state index in [-0.39, 0.29) is 11.9 Å². The zero-order chi connectivity index (χ0) is 13.1. The van der Waals surface area contributed by atoms with Crippen molar-refractivity contribution in [2.75, 3.05) is 11.1 Å². The molecule has 2 nitrogen and oxygen atoms in total. The van der Waals surface area contributed by atoms with Gasteiger partial charge in [-0.25, -0.2) is 4.39 Å². The second-order valence-electron chi connectivity index (χ2n) is 4.62. The van der Waals surface area contributed by atoms with Gasteiger partial charge in [0.1, 0.15) is 5.82 Å². The van der Waals surface area contributed by atoms with E-state index >= 15 is 0 Å². The van der Waals surface area contributed by atoms with E-state index in [4.69, 9.17) is 5.73 Å². The number of nitrogen functional groups attached to an aromatic ring is 1. The van der Waals surface area contributed by atoms with Crippen molar-refractivity contribution >= 4 is 22.7 Å². The fourth-order valence-corrected chi connectivity index (χ4v) is 2.80. The van der Waals surface area contributed by atoms with Crippen LogP contribution < -0.4 is 11.1 Å². The minimum Gasteiger partial charge on any atom is -0.399 e. The van der Waals surface area contributed by atoms with Gasteiger partial charge < -0.3 is 11.1 Å². The van der Waals surface area contributed by atoms with E-state index in [0.29, 0.717) is 17.3 Å². The molecule has 0 saturated heterocycles. The van der Waals surface area contributed by atoms with Crippen LogP contribution in [0.25, 0.3) is 0 Å². The minimum atomic E-state index is -0.308. The summed E-state index contributed by atoms with van der Waals surface area (Å²) in [6, 6.07) is 8.93. The van der Waals surface area contributed by atoms with Crippen LogP contribution in [-0.2, 0) is 0 Å². The van der Waals surface area contributed by atoms with Gasteiger partial charge in [0, 0.05) is 10.6 Å². The van der Waals surface area contributed by atoms with Crippen LogP contribution >= 0.6 is 11.3 Å². The molecule has 18 heavy (non-hydrogen) atoms. The van der Waals surface area contributed by atoms with Gasteiger partial charge in [0.2, 0.25) is 0 Å². The number of halogens is 1. The predicted molar refractivity (Wildman–Crippen MR) is 76.3 cm³/mol. The maximum absolute atomic E-state index is 13.8. The third kappa shape index (κ3) is 2.82. The Kier molecular flexibility index (Phi) is 3.87. The van der Waals surface area contributed by atoms with Crippen molar-refractivity contribution in [2.45, 2.75) is 19.9 Å². The molecule has 0 spiro atoms. The monoisotopic (exact) mass is 264 g/mol. The van der Waals surface area contributed by atoms with Crippen molar-refractivity contribution in [3.05, 3.63) is 46.4 Å². The van der Waals surface area contributed by atoms with E-state index in [1.807, 2.05) is 11.4 Å². The lowest BCUT2D eigenvalue weighted by molar-refractivity contribution is 0.546. The molecule has 0 aliphatic rings. The molecule has 0 aliphatic carbocycles. The van der Waals surface area contributed by atoms with E-state index < -0.39 is 0 Å². The first-order valence-corrected chi connectivity index (χ1v) is 6.81. The summed E-state index contributed by atoms with van der Waals surface area (Å²) in [4.78, 5) is 1.21. The van der Waals surface area contributed by atoms with E-state index in [1.165, 1.54) is 10.9 Å². The molecule has 1 aromatic carbocycles. The third-order valence-electron chi connectivity index (χ3n) is 2.82. The molecule has 2 aromatic rings. The lowest BCUT2D eigenvalue weighted by Crippen LogP contribution is -2.16. The Balaban J connectivity index is 2.24. The number of nitrogens with one attached hydrogen (secondary N) is 1. The number of nitrogens with two attached hydrogens (primary N) is 1. The van der Waals surface area contributed by atoms with Crippen LogP contribution in [0.3, 0.4) is 0 Å². The van der Waals surface area contributed by atoms with Gasteiger partial charge in [0.05, 0.1) is 11.7 Å². The summed E-state index contributed by atoms with van der Waals surface area (Å²) in [6.07, 6.45) is 0. The Morgan fingerprint density at radius 3 is 2.61 bits per heavy atom. The molecule has 0 amide bonds. The van der Waals surface area contributed by atoms with Gasteiger partial charge in [0.15, 0.2) is 0 Å². The number of hydrogen-bond acceptors (Lipinski definition) is 3. The average Bonchev–Trinajstić information content (AvgIpc) is 2.80. The van der Waals surface area contributed by atoms with Crippen molar-refractivity contribution in [3.63, 3.8) is 0 Å². The van der Waals surface area contributed by atoms with Crippen LogP contribution in [0.4, 0.5) is 15.8 Å². The summed E-state index contributed by atoms with van der Waals surface area (Å²) in [6.45, 7) is 4.24. The fourth-order valence-electron chi connectivity index (χ4n) is 1.85. The standard InChI is InChI=1S/C14H17FN2S/c1-9(2)14(13-4-3-7-18-13)17-12-6-5-10(16)8-11(12)15/h3-9,14,17H,16H2,1-2H3. The Bertz CT molecular complexity index is 509. The van der Waals surface area contributed by atoms with Crippen LogP contribution in [0.1, 0.15) is 24.8 Å². The summed E-state index contributed by atoms with van der Waals surface area (Å²) in [5.74, 6) is 0.0674. The first-order chi connectivity index (χ1) is 8.58. The SMILES string of the molecule is CC(C)C(Nc1ccc(N)cc1F)c1cccs1. The largest absolute Gasteiger partial charge is 0.399 e. The number of hydrogen-bond donors (Lipinski definition) is 2. The maximum atomic E-state index is 13.8. The van der Waals surface area contributed by atoms with Crippen molar-refractivity contribution in [1.82, 2.24) is 0 Å². The number of anilines is 2. The zero-order valence-corrected chi connectivity index (χ0v) is 11.3. The normalized spacial score (nSPS) is 12.7. The van der Waals surface area contributed by atoms with E-state index in [0.717, 1.165) is 0 Å². The van der Waals surface area contributed by atoms with Crippen LogP contribution in [0.15, 0.2) is 35.7 Å². The molecule has 1 aromatic heterocycles. The highest BCUT2D eigenvalue weighted by Crippen LogP contribution is 2.31. The highest BCUT2D eigenvalue weighted by molar-refractivity contribution is 7.10. The van der Waals surface area contributed by atoms with Gasteiger partial charge >= 0.3 is 0 Å². The summed E-state index contributed by atoms with van der Waals surface area (Å²) < 4.78 is 13.8. The molecule has 4 heteroatoms. The predicted octanol–water partition coefficient (Wildman–Crippen LogP) is 4.28. The van der Waals surface area contributed by atoms with Gasteiger partial charge in [0.25, 0.3) is 0 Å². The molecule has 0 bridgehead atoms. The summed E-state index contributed by atoms with van der Waals surface area (Å²) in [7, 11) is 0. The molecule has 0 radical (unpaired) electrons. The molecule has 3 N–H and O–H groups in total. The van der Waals surface area contributed by atoms with Gasteiger partial charge in [-0.3, -0.25) is 0 Å². The van der Waals surface area contributed by atoms with Crippen molar-refractivity contribution < 1.29 is 4.39 Å².